The minimum atomic E-state index is -0.559. The topological polar surface area (TPSA) is 55.2 Å². The zero-order valence-electron chi connectivity index (χ0n) is 5.75. The van der Waals surface area contributed by atoms with Crippen LogP contribution in [0, 0.1) is 10.1 Å². The van der Waals surface area contributed by atoms with Crippen molar-refractivity contribution in [1.82, 2.24) is 0 Å². The summed E-state index contributed by atoms with van der Waals surface area (Å²) in [5, 5.41) is 10.6. The van der Waals surface area contributed by atoms with Crippen LogP contribution in [0.25, 0.3) is 0 Å². The zero-order chi connectivity index (χ0) is 9.14. The fourth-order valence-electron chi connectivity index (χ4n) is 0.758. The Bertz CT molecular complexity index is 316. The van der Waals surface area contributed by atoms with E-state index in [1.807, 2.05) is 0 Å². The first kappa shape index (κ1) is 9.09. The largest absolute Gasteiger partial charge is 0.295 e. The van der Waals surface area contributed by atoms with Crippen LogP contribution in [0.4, 0.5) is 11.4 Å². The van der Waals surface area contributed by atoms with Crippen LogP contribution in [-0.2, 0) is 0 Å². The van der Waals surface area contributed by atoms with Gasteiger partial charge in [-0.1, -0.05) is 17.7 Å². The van der Waals surface area contributed by atoms with Gasteiger partial charge in [0.25, 0.3) is 5.69 Å². The maximum absolute atomic E-state index is 10.4. The van der Waals surface area contributed by atoms with Crippen molar-refractivity contribution in [3.05, 3.63) is 33.3 Å². The summed E-state index contributed by atoms with van der Waals surface area (Å²) in [5.74, 6) is 0. The van der Waals surface area contributed by atoms with Gasteiger partial charge in [-0.2, -0.15) is 0 Å². The molecule has 0 bridgehead atoms. The number of nitro benzene ring substituents is 1. The number of nitrogens with zero attached hydrogens (tertiary/aromatic N) is 1. The maximum atomic E-state index is 10.4. The molecule has 0 aliphatic heterocycles. The second-order valence-corrected chi connectivity index (χ2v) is 2.58. The highest BCUT2D eigenvalue weighted by Gasteiger charge is 2.14. The van der Waals surface area contributed by atoms with Gasteiger partial charge >= 0.3 is 0 Å². The lowest BCUT2D eigenvalue weighted by Crippen LogP contribution is -1.93. The lowest BCUT2D eigenvalue weighted by molar-refractivity contribution is -0.383. The van der Waals surface area contributed by atoms with E-state index in [-0.39, 0.29) is 16.4 Å². The maximum Gasteiger partial charge on any atom is 0.295 e. The van der Waals surface area contributed by atoms with Crippen molar-refractivity contribution in [2.75, 3.05) is 4.84 Å². The predicted octanol–water partition coefficient (Wildman–Crippen LogP) is 2.81. The van der Waals surface area contributed by atoms with Crippen molar-refractivity contribution in [2.24, 2.45) is 0 Å². The van der Waals surface area contributed by atoms with Crippen LogP contribution in [0.5, 0.6) is 0 Å². The van der Waals surface area contributed by atoms with Crippen molar-refractivity contribution < 1.29 is 4.92 Å². The van der Waals surface area contributed by atoms with Crippen LogP contribution >= 0.6 is 23.4 Å². The summed E-state index contributed by atoms with van der Waals surface area (Å²) < 4.78 is 0. The second kappa shape index (κ2) is 3.60. The molecule has 0 heterocycles. The van der Waals surface area contributed by atoms with Gasteiger partial charge in [-0.15, -0.1) is 0 Å². The van der Waals surface area contributed by atoms with E-state index in [0.717, 1.165) is 0 Å². The quantitative estimate of drug-likeness (QED) is 0.460. The SMILES string of the molecule is O=[N+]([O-])c1cccc(Cl)c1NCl. The Balaban J connectivity index is 3.27. The van der Waals surface area contributed by atoms with Crippen molar-refractivity contribution in [3.63, 3.8) is 0 Å². The molecule has 0 fully saturated rings. The molecular formula is C6H4Cl2N2O2. The summed E-state index contributed by atoms with van der Waals surface area (Å²) in [6.45, 7) is 0. The molecule has 0 aliphatic rings. The van der Waals surface area contributed by atoms with Gasteiger partial charge in [-0.3, -0.25) is 15.0 Å². The molecule has 0 saturated carbocycles. The Hall–Kier alpha value is -1.000. The lowest BCUT2D eigenvalue weighted by Gasteiger charge is -2.00. The fourth-order valence-corrected chi connectivity index (χ4v) is 1.22. The number of nitro groups is 1. The van der Waals surface area contributed by atoms with E-state index >= 15 is 0 Å². The third kappa shape index (κ3) is 1.60. The molecule has 12 heavy (non-hydrogen) atoms. The van der Waals surface area contributed by atoms with E-state index in [1.165, 1.54) is 18.2 Å². The number of hydrogen-bond acceptors (Lipinski definition) is 3. The molecule has 0 radical (unpaired) electrons. The van der Waals surface area contributed by atoms with E-state index in [0.29, 0.717) is 0 Å². The Morgan fingerprint density at radius 3 is 2.58 bits per heavy atom. The van der Waals surface area contributed by atoms with E-state index in [1.54, 1.807) is 0 Å². The van der Waals surface area contributed by atoms with E-state index in [9.17, 15) is 10.1 Å². The number of anilines is 1. The Labute approximate surface area is 78.4 Å². The molecule has 1 aromatic carbocycles. The van der Waals surface area contributed by atoms with Gasteiger partial charge in [-0.25, -0.2) is 0 Å². The number of para-hydroxylation sites is 1. The number of rotatable bonds is 2. The molecular weight excluding hydrogens is 203 g/mol. The highest BCUT2D eigenvalue weighted by molar-refractivity contribution is 6.36. The average Bonchev–Trinajstić information content (AvgIpc) is 2.03. The van der Waals surface area contributed by atoms with Gasteiger partial charge in [-0.05, 0) is 6.07 Å². The highest BCUT2D eigenvalue weighted by atomic mass is 35.5. The van der Waals surface area contributed by atoms with Gasteiger partial charge in [0.05, 0.1) is 9.95 Å². The minimum Gasteiger partial charge on any atom is -0.291 e. The minimum absolute atomic E-state index is 0.117. The molecule has 0 unspecified atom stereocenters. The van der Waals surface area contributed by atoms with E-state index in [2.05, 4.69) is 4.84 Å². The molecule has 1 N–H and O–H groups in total. The molecule has 0 saturated heterocycles. The highest BCUT2D eigenvalue weighted by Crippen LogP contribution is 2.31. The molecule has 1 aromatic rings. The predicted molar refractivity (Wildman–Crippen MR) is 47.6 cm³/mol. The van der Waals surface area contributed by atoms with Crippen molar-refractivity contribution >= 4 is 34.8 Å². The summed E-state index contributed by atoms with van der Waals surface area (Å²) in [5.41, 5.74) is -0.0247. The molecule has 0 aliphatic carbocycles. The van der Waals surface area contributed by atoms with Crippen molar-refractivity contribution in [3.8, 4) is 0 Å². The third-order valence-corrected chi connectivity index (χ3v) is 1.79. The second-order valence-electron chi connectivity index (χ2n) is 1.99. The molecule has 64 valence electrons. The third-order valence-electron chi connectivity index (χ3n) is 1.28. The first-order valence-corrected chi connectivity index (χ1v) is 3.72. The van der Waals surface area contributed by atoms with Gasteiger partial charge in [0.15, 0.2) is 0 Å². The molecule has 6 heteroatoms. The smallest absolute Gasteiger partial charge is 0.291 e. The van der Waals surface area contributed by atoms with Gasteiger partial charge in [0, 0.05) is 17.8 Å². The summed E-state index contributed by atoms with van der Waals surface area (Å²) in [6, 6.07) is 4.31. The first-order valence-electron chi connectivity index (χ1n) is 2.96. The number of benzene rings is 1. The Morgan fingerprint density at radius 2 is 2.17 bits per heavy atom. The molecule has 4 nitrogen and oxygen atoms in total. The van der Waals surface area contributed by atoms with Crippen LogP contribution < -0.4 is 4.84 Å². The summed E-state index contributed by atoms with van der Waals surface area (Å²) in [4.78, 5) is 12.0. The Kier molecular flexibility index (Phi) is 2.73. The average molecular weight is 207 g/mol. The van der Waals surface area contributed by atoms with Crippen LogP contribution in [-0.4, -0.2) is 4.92 Å². The normalized spacial score (nSPS) is 9.50. The Morgan fingerprint density at radius 1 is 1.50 bits per heavy atom. The number of hydrogen-bond donors (Lipinski definition) is 1. The molecule has 0 amide bonds. The number of halogens is 2. The molecule has 0 aromatic heterocycles. The summed E-state index contributed by atoms with van der Waals surface area (Å²) in [6.07, 6.45) is 0. The van der Waals surface area contributed by atoms with Crippen molar-refractivity contribution in [1.29, 1.82) is 0 Å². The number of nitrogens with one attached hydrogen (secondary N) is 1. The molecule has 0 atom stereocenters. The monoisotopic (exact) mass is 206 g/mol. The standard InChI is InChI=1S/C6H4Cl2N2O2/c7-4-2-1-3-5(10(11)12)6(4)9-8/h1-3,9H. The van der Waals surface area contributed by atoms with E-state index < -0.39 is 4.92 Å². The van der Waals surface area contributed by atoms with E-state index in [4.69, 9.17) is 23.4 Å². The van der Waals surface area contributed by atoms with Crippen LogP contribution in [0.2, 0.25) is 5.02 Å². The lowest BCUT2D eigenvalue weighted by atomic mass is 10.3. The summed E-state index contributed by atoms with van der Waals surface area (Å²) in [7, 11) is 0. The summed E-state index contributed by atoms with van der Waals surface area (Å²) >= 11 is 10.9. The first-order chi connectivity index (χ1) is 5.66. The van der Waals surface area contributed by atoms with Crippen LogP contribution in [0.1, 0.15) is 0 Å². The van der Waals surface area contributed by atoms with Gasteiger partial charge in [0.1, 0.15) is 5.69 Å². The van der Waals surface area contributed by atoms with Gasteiger partial charge < -0.3 is 0 Å². The molecule has 0 spiro atoms. The fraction of sp³-hybridized carbons (Fsp3) is 0. The van der Waals surface area contributed by atoms with Gasteiger partial charge in [0.2, 0.25) is 0 Å². The van der Waals surface area contributed by atoms with Crippen molar-refractivity contribution in [2.45, 2.75) is 0 Å². The molecule has 1 rings (SSSR count). The zero-order valence-corrected chi connectivity index (χ0v) is 7.26. The van der Waals surface area contributed by atoms with Crippen LogP contribution in [0.3, 0.4) is 0 Å². The van der Waals surface area contributed by atoms with Crippen LogP contribution in [0.15, 0.2) is 18.2 Å².